The molecule has 1 aliphatic rings. The van der Waals surface area contributed by atoms with Gasteiger partial charge in [0.15, 0.2) is 0 Å². The van der Waals surface area contributed by atoms with Gasteiger partial charge in [0.05, 0.1) is 0 Å². The molecule has 1 aromatic carbocycles. The lowest BCUT2D eigenvalue weighted by Crippen LogP contribution is -2.47. The molecule has 0 bridgehead atoms. The van der Waals surface area contributed by atoms with Gasteiger partial charge in [-0.05, 0) is 56.9 Å². The number of carbonyl (C=O) groups is 1. The molecule has 1 aromatic rings. The quantitative estimate of drug-likeness (QED) is 0.877. The molecule has 0 aliphatic carbocycles. The van der Waals surface area contributed by atoms with Gasteiger partial charge in [0.2, 0.25) is 0 Å². The molecule has 2 unspecified atom stereocenters. The monoisotopic (exact) mass is 260 g/mol. The number of amides is 1. The average molecular weight is 260 g/mol. The Morgan fingerprint density at radius 3 is 2.79 bits per heavy atom. The number of hydrogen-bond donors (Lipinski definition) is 2. The molecule has 19 heavy (non-hydrogen) atoms. The van der Waals surface area contributed by atoms with Crippen molar-refractivity contribution in [2.45, 2.75) is 52.1 Å². The van der Waals surface area contributed by atoms with Crippen LogP contribution in [0.25, 0.3) is 0 Å². The minimum Gasteiger partial charge on any atom is -0.350 e. The van der Waals surface area contributed by atoms with Gasteiger partial charge < -0.3 is 10.6 Å². The third kappa shape index (κ3) is 3.80. The number of hydrogen-bond acceptors (Lipinski definition) is 2. The van der Waals surface area contributed by atoms with Gasteiger partial charge in [-0.25, -0.2) is 0 Å². The number of nitrogens with one attached hydrogen (secondary N) is 2. The first-order chi connectivity index (χ1) is 9.06. The van der Waals surface area contributed by atoms with Crippen LogP contribution in [0.1, 0.15) is 47.7 Å². The van der Waals surface area contributed by atoms with Crippen LogP contribution in [0.5, 0.6) is 0 Å². The topological polar surface area (TPSA) is 41.1 Å². The largest absolute Gasteiger partial charge is 0.350 e. The molecule has 1 saturated heterocycles. The molecule has 1 amide bonds. The highest BCUT2D eigenvalue weighted by molar-refractivity contribution is 5.94. The van der Waals surface area contributed by atoms with Crippen molar-refractivity contribution in [3.05, 3.63) is 34.9 Å². The molecule has 1 fully saturated rings. The van der Waals surface area contributed by atoms with E-state index in [0.717, 1.165) is 24.1 Å². The number of carbonyl (C=O) groups excluding carboxylic acids is 1. The van der Waals surface area contributed by atoms with Gasteiger partial charge in [0.1, 0.15) is 0 Å². The van der Waals surface area contributed by atoms with E-state index in [2.05, 4.69) is 24.5 Å². The number of aryl methyl sites for hydroxylation is 2. The van der Waals surface area contributed by atoms with Gasteiger partial charge in [-0.15, -0.1) is 0 Å². The van der Waals surface area contributed by atoms with Crippen LogP contribution >= 0.6 is 0 Å². The molecule has 3 nitrogen and oxygen atoms in total. The minimum absolute atomic E-state index is 0.0307. The molecule has 2 N–H and O–H groups in total. The second-order valence-corrected chi connectivity index (χ2v) is 5.70. The summed E-state index contributed by atoms with van der Waals surface area (Å²) in [6.07, 6.45) is 3.64. The highest BCUT2D eigenvalue weighted by atomic mass is 16.1. The van der Waals surface area contributed by atoms with Crippen LogP contribution < -0.4 is 10.6 Å². The molecule has 1 heterocycles. The molecule has 0 spiro atoms. The zero-order valence-corrected chi connectivity index (χ0v) is 12.1. The van der Waals surface area contributed by atoms with Crippen LogP contribution in [0.15, 0.2) is 18.2 Å². The Hall–Kier alpha value is -1.35. The van der Waals surface area contributed by atoms with E-state index in [4.69, 9.17) is 0 Å². The van der Waals surface area contributed by atoms with Gasteiger partial charge >= 0.3 is 0 Å². The molecule has 0 saturated carbocycles. The first-order valence-electron chi connectivity index (χ1n) is 7.18. The highest BCUT2D eigenvalue weighted by Crippen LogP contribution is 2.12. The summed E-state index contributed by atoms with van der Waals surface area (Å²) in [7, 11) is 0. The van der Waals surface area contributed by atoms with Crippen molar-refractivity contribution >= 4 is 5.91 Å². The number of benzene rings is 1. The second kappa shape index (κ2) is 6.20. The Morgan fingerprint density at radius 1 is 1.32 bits per heavy atom. The normalized spacial score (nSPS) is 23.1. The van der Waals surface area contributed by atoms with Crippen molar-refractivity contribution in [3.8, 4) is 0 Å². The molecular formula is C16H24N2O. The zero-order valence-electron chi connectivity index (χ0n) is 12.1. The lowest BCUT2D eigenvalue weighted by Gasteiger charge is -2.28. The molecular weight excluding hydrogens is 236 g/mol. The summed E-state index contributed by atoms with van der Waals surface area (Å²) in [5.41, 5.74) is 3.14. The van der Waals surface area contributed by atoms with Crippen LogP contribution in [-0.4, -0.2) is 24.5 Å². The van der Waals surface area contributed by atoms with E-state index in [0.29, 0.717) is 12.1 Å². The van der Waals surface area contributed by atoms with Crippen LogP contribution in [-0.2, 0) is 0 Å². The Bertz CT molecular complexity index is 456. The molecule has 104 valence electrons. The van der Waals surface area contributed by atoms with Crippen LogP contribution in [0, 0.1) is 13.8 Å². The van der Waals surface area contributed by atoms with Gasteiger partial charge in [0, 0.05) is 24.2 Å². The SMILES string of the molecule is Cc1ccc(C(=O)NCC2CCCC(C)N2)cc1C. The smallest absolute Gasteiger partial charge is 0.251 e. The van der Waals surface area contributed by atoms with E-state index in [1.807, 2.05) is 25.1 Å². The van der Waals surface area contributed by atoms with Gasteiger partial charge in [-0.1, -0.05) is 12.5 Å². The van der Waals surface area contributed by atoms with E-state index >= 15 is 0 Å². The fraction of sp³-hybridized carbons (Fsp3) is 0.562. The Labute approximate surface area is 115 Å². The van der Waals surface area contributed by atoms with Gasteiger partial charge in [-0.2, -0.15) is 0 Å². The van der Waals surface area contributed by atoms with Crippen molar-refractivity contribution in [1.82, 2.24) is 10.6 Å². The molecule has 1 aliphatic heterocycles. The first-order valence-corrected chi connectivity index (χ1v) is 7.18. The number of piperidine rings is 1. The third-order valence-corrected chi connectivity index (χ3v) is 3.99. The van der Waals surface area contributed by atoms with E-state index in [1.165, 1.54) is 18.4 Å². The van der Waals surface area contributed by atoms with Crippen LogP contribution in [0.2, 0.25) is 0 Å². The molecule has 0 aromatic heterocycles. The summed E-state index contributed by atoms with van der Waals surface area (Å²) in [6.45, 7) is 7.02. The summed E-state index contributed by atoms with van der Waals surface area (Å²) in [5, 5.41) is 6.56. The lowest BCUT2D eigenvalue weighted by molar-refractivity contribution is 0.0946. The Morgan fingerprint density at radius 2 is 2.11 bits per heavy atom. The highest BCUT2D eigenvalue weighted by Gasteiger charge is 2.18. The van der Waals surface area contributed by atoms with Crippen molar-refractivity contribution in [1.29, 1.82) is 0 Å². The predicted molar refractivity (Wildman–Crippen MR) is 78.5 cm³/mol. The Balaban J connectivity index is 1.88. The average Bonchev–Trinajstić information content (AvgIpc) is 2.39. The van der Waals surface area contributed by atoms with Crippen molar-refractivity contribution in [2.24, 2.45) is 0 Å². The first kappa shape index (κ1) is 14.1. The van der Waals surface area contributed by atoms with Crippen LogP contribution in [0.4, 0.5) is 0 Å². The number of rotatable bonds is 3. The van der Waals surface area contributed by atoms with E-state index in [-0.39, 0.29) is 5.91 Å². The van der Waals surface area contributed by atoms with E-state index in [9.17, 15) is 4.79 Å². The standard InChI is InChI=1S/C16H24N2O/c1-11-7-8-14(9-12(11)2)16(19)17-10-15-6-4-5-13(3)18-15/h7-9,13,15,18H,4-6,10H2,1-3H3,(H,17,19). The van der Waals surface area contributed by atoms with Crippen LogP contribution in [0.3, 0.4) is 0 Å². The summed E-state index contributed by atoms with van der Waals surface area (Å²) < 4.78 is 0. The van der Waals surface area contributed by atoms with Crippen molar-refractivity contribution < 1.29 is 4.79 Å². The summed E-state index contributed by atoms with van der Waals surface area (Å²) in [4.78, 5) is 12.1. The second-order valence-electron chi connectivity index (χ2n) is 5.70. The van der Waals surface area contributed by atoms with Crippen molar-refractivity contribution in [3.63, 3.8) is 0 Å². The molecule has 0 radical (unpaired) electrons. The van der Waals surface area contributed by atoms with Gasteiger partial charge in [-0.3, -0.25) is 4.79 Å². The molecule has 2 atom stereocenters. The zero-order chi connectivity index (χ0) is 13.8. The summed E-state index contributed by atoms with van der Waals surface area (Å²) in [6, 6.07) is 6.85. The van der Waals surface area contributed by atoms with E-state index in [1.54, 1.807) is 0 Å². The fourth-order valence-corrected chi connectivity index (χ4v) is 2.60. The minimum atomic E-state index is 0.0307. The van der Waals surface area contributed by atoms with Gasteiger partial charge in [0.25, 0.3) is 5.91 Å². The third-order valence-electron chi connectivity index (χ3n) is 3.99. The van der Waals surface area contributed by atoms with Crippen molar-refractivity contribution in [2.75, 3.05) is 6.54 Å². The predicted octanol–water partition coefficient (Wildman–Crippen LogP) is 2.56. The van der Waals surface area contributed by atoms with E-state index < -0.39 is 0 Å². The maximum atomic E-state index is 12.1. The summed E-state index contributed by atoms with van der Waals surface area (Å²) in [5.74, 6) is 0.0307. The fourth-order valence-electron chi connectivity index (χ4n) is 2.60. The summed E-state index contributed by atoms with van der Waals surface area (Å²) >= 11 is 0. The Kier molecular flexibility index (Phi) is 4.59. The maximum absolute atomic E-state index is 12.1. The maximum Gasteiger partial charge on any atom is 0.251 e. The lowest BCUT2D eigenvalue weighted by atomic mass is 9.99. The molecule has 3 heteroatoms. The molecule has 2 rings (SSSR count).